The average molecular weight is 526 g/mol. The smallest absolute Gasteiger partial charge is 0.308 e. The normalized spacial score (nSPS) is 16.0. The van der Waals surface area contributed by atoms with E-state index in [-0.39, 0.29) is 11.9 Å². The number of halogens is 1. The molecule has 1 saturated carbocycles. The zero-order valence-electron chi connectivity index (χ0n) is 17.6. The van der Waals surface area contributed by atoms with Gasteiger partial charge in [-0.15, -0.1) is 0 Å². The Morgan fingerprint density at radius 1 is 1.29 bits per heavy atom. The summed E-state index contributed by atoms with van der Waals surface area (Å²) in [6.07, 6.45) is 4.87. The summed E-state index contributed by atoms with van der Waals surface area (Å²) >= 11 is 2.37. The van der Waals surface area contributed by atoms with Crippen LogP contribution in [0.1, 0.15) is 49.3 Å². The van der Waals surface area contributed by atoms with Gasteiger partial charge in [0.05, 0.1) is 31.1 Å². The molecule has 1 amide bonds. The van der Waals surface area contributed by atoms with Crippen molar-refractivity contribution >= 4 is 51.0 Å². The van der Waals surface area contributed by atoms with E-state index in [4.69, 9.17) is 9.72 Å². The summed E-state index contributed by atoms with van der Waals surface area (Å²) in [6, 6.07) is 8.36. The topological polar surface area (TPSA) is 60.2 Å². The van der Waals surface area contributed by atoms with E-state index in [2.05, 4.69) is 58.6 Å². The second-order valence-corrected chi connectivity index (χ2v) is 9.27. The lowest BCUT2D eigenvalue weighted by molar-refractivity contribution is -0.112. The van der Waals surface area contributed by atoms with E-state index in [0.717, 1.165) is 35.1 Å². The van der Waals surface area contributed by atoms with Gasteiger partial charge in [-0.2, -0.15) is 5.10 Å². The monoisotopic (exact) mass is 526 g/mol. The Labute approximate surface area is 195 Å². The van der Waals surface area contributed by atoms with Crippen LogP contribution in [0.5, 0.6) is 0 Å². The fourth-order valence-corrected chi connectivity index (χ4v) is 4.25. The predicted octanol–water partition coefficient (Wildman–Crippen LogP) is 4.87. The van der Waals surface area contributed by atoms with Crippen molar-refractivity contribution < 1.29 is 9.53 Å². The lowest BCUT2D eigenvalue weighted by Gasteiger charge is -2.25. The number of aryl methyl sites for hydroxylation is 1. The van der Waals surface area contributed by atoms with Crippen LogP contribution in [0.15, 0.2) is 30.5 Å². The Hall–Kier alpha value is -2.44. The number of nitrogens with zero attached hydrogens (tertiary/aromatic N) is 4. The van der Waals surface area contributed by atoms with Crippen LogP contribution in [-0.4, -0.2) is 33.9 Å². The number of pyridine rings is 1. The molecule has 7 heteroatoms. The second kappa shape index (κ2) is 8.24. The Kier molecular flexibility index (Phi) is 5.44. The molecule has 2 aliphatic rings. The SMILES string of the molecule is CCC#CC(=O)N(c1ccc2nn(C3COC3)cc2n1)c1cc(C)c(I)cc1C1CC1. The van der Waals surface area contributed by atoms with E-state index in [1.165, 1.54) is 9.13 Å². The average Bonchev–Trinajstić information content (AvgIpc) is 3.47. The fourth-order valence-electron chi connectivity index (χ4n) is 3.76. The van der Waals surface area contributed by atoms with Crippen molar-refractivity contribution in [2.24, 2.45) is 0 Å². The number of benzene rings is 1. The largest absolute Gasteiger partial charge is 0.377 e. The molecule has 0 N–H and O–H groups in total. The van der Waals surface area contributed by atoms with E-state index in [1.807, 2.05) is 29.9 Å². The van der Waals surface area contributed by atoms with E-state index in [9.17, 15) is 4.79 Å². The summed E-state index contributed by atoms with van der Waals surface area (Å²) in [5, 5.41) is 4.63. The van der Waals surface area contributed by atoms with Crippen LogP contribution in [0, 0.1) is 22.3 Å². The number of anilines is 2. The van der Waals surface area contributed by atoms with Crippen molar-refractivity contribution in [3.63, 3.8) is 0 Å². The highest BCUT2D eigenvalue weighted by molar-refractivity contribution is 14.1. The highest BCUT2D eigenvalue weighted by Gasteiger charge is 2.31. The maximum absolute atomic E-state index is 13.3. The van der Waals surface area contributed by atoms with Crippen molar-refractivity contribution in [1.82, 2.24) is 14.8 Å². The van der Waals surface area contributed by atoms with Crippen molar-refractivity contribution in [1.29, 1.82) is 0 Å². The molecule has 2 aromatic heterocycles. The molecule has 158 valence electrons. The maximum atomic E-state index is 13.3. The molecule has 0 unspecified atom stereocenters. The van der Waals surface area contributed by atoms with Gasteiger partial charge in [0.25, 0.3) is 0 Å². The van der Waals surface area contributed by atoms with Gasteiger partial charge in [0.1, 0.15) is 16.9 Å². The van der Waals surface area contributed by atoms with Gasteiger partial charge < -0.3 is 4.74 Å². The minimum absolute atomic E-state index is 0.254. The van der Waals surface area contributed by atoms with Gasteiger partial charge in [-0.3, -0.25) is 14.4 Å². The van der Waals surface area contributed by atoms with Crippen LogP contribution in [0.3, 0.4) is 0 Å². The summed E-state index contributed by atoms with van der Waals surface area (Å²) in [6.45, 7) is 5.36. The van der Waals surface area contributed by atoms with Crippen LogP contribution in [0.25, 0.3) is 11.0 Å². The van der Waals surface area contributed by atoms with Gasteiger partial charge in [0.2, 0.25) is 0 Å². The van der Waals surface area contributed by atoms with Gasteiger partial charge in [-0.05, 0) is 89.6 Å². The standard InChI is InChI=1S/C24H23IN4O2/c1-3-4-5-24(30)29(22-10-15(2)19(25)11-18(22)16-6-7-16)23-9-8-20-21(26-23)12-28(27-20)17-13-31-14-17/h8-12,16-17H,3,6-7,13-14H2,1-2H3. The lowest BCUT2D eigenvalue weighted by atomic mass is 10.0. The Balaban J connectivity index is 1.63. The molecule has 0 atom stereocenters. The Morgan fingerprint density at radius 3 is 2.77 bits per heavy atom. The zero-order valence-corrected chi connectivity index (χ0v) is 19.7. The third-order valence-electron chi connectivity index (χ3n) is 5.73. The predicted molar refractivity (Wildman–Crippen MR) is 128 cm³/mol. The van der Waals surface area contributed by atoms with Crippen molar-refractivity contribution in [2.45, 2.75) is 45.1 Å². The number of fused-ring (bicyclic) bond motifs is 1. The molecule has 31 heavy (non-hydrogen) atoms. The maximum Gasteiger partial charge on any atom is 0.308 e. The van der Waals surface area contributed by atoms with Crippen LogP contribution < -0.4 is 4.90 Å². The number of rotatable bonds is 4. The number of hydrogen-bond acceptors (Lipinski definition) is 4. The van der Waals surface area contributed by atoms with E-state index < -0.39 is 0 Å². The molecular weight excluding hydrogens is 503 g/mol. The number of carbonyl (C=O) groups excluding carboxylic acids is 1. The molecular formula is C24H23IN4O2. The molecule has 0 spiro atoms. The summed E-state index contributed by atoms with van der Waals surface area (Å²) < 4.78 is 8.41. The molecule has 2 fully saturated rings. The molecule has 5 rings (SSSR count). The number of hydrogen-bond donors (Lipinski definition) is 0. The van der Waals surface area contributed by atoms with E-state index >= 15 is 0 Å². The summed E-state index contributed by atoms with van der Waals surface area (Å²) in [7, 11) is 0. The third kappa shape index (κ3) is 3.94. The molecule has 1 aliphatic heterocycles. The summed E-state index contributed by atoms with van der Waals surface area (Å²) in [5.41, 5.74) is 4.80. The van der Waals surface area contributed by atoms with Gasteiger partial charge in [0, 0.05) is 9.99 Å². The van der Waals surface area contributed by atoms with Crippen molar-refractivity contribution in [3.05, 3.63) is 45.2 Å². The minimum Gasteiger partial charge on any atom is -0.377 e. The first-order valence-corrected chi connectivity index (χ1v) is 11.7. The van der Waals surface area contributed by atoms with Crippen LogP contribution >= 0.6 is 22.6 Å². The van der Waals surface area contributed by atoms with Gasteiger partial charge in [0.15, 0.2) is 0 Å². The van der Waals surface area contributed by atoms with Crippen LogP contribution in [-0.2, 0) is 9.53 Å². The molecule has 1 saturated heterocycles. The first-order chi connectivity index (χ1) is 15.0. The van der Waals surface area contributed by atoms with Crippen molar-refractivity contribution in [2.75, 3.05) is 18.1 Å². The fraction of sp³-hybridized carbons (Fsp3) is 0.375. The molecule has 0 bridgehead atoms. The molecule has 3 heterocycles. The Bertz CT molecular complexity index is 1230. The second-order valence-electron chi connectivity index (χ2n) is 8.10. The Morgan fingerprint density at radius 2 is 2.10 bits per heavy atom. The highest BCUT2D eigenvalue weighted by Crippen LogP contribution is 2.46. The first kappa shape index (κ1) is 20.5. The minimum atomic E-state index is -0.254. The third-order valence-corrected chi connectivity index (χ3v) is 6.89. The lowest BCUT2D eigenvalue weighted by Crippen LogP contribution is -2.30. The first-order valence-electron chi connectivity index (χ1n) is 10.6. The van der Waals surface area contributed by atoms with Gasteiger partial charge >= 0.3 is 5.91 Å². The number of aromatic nitrogens is 3. The van der Waals surface area contributed by atoms with Gasteiger partial charge in [-0.1, -0.05) is 12.8 Å². The number of carbonyl (C=O) groups is 1. The highest BCUT2D eigenvalue weighted by atomic mass is 127. The van der Waals surface area contributed by atoms with Crippen LogP contribution in [0.2, 0.25) is 0 Å². The summed E-state index contributed by atoms with van der Waals surface area (Å²) in [4.78, 5) is 19.8. The number of ether oxygens (including phenoxy) is 1. The van der Waals surface area contributed by atoms with Gasteiger partial charge in [-0.25, -0.2) is 4.98 Å². The van der Waals surface area contributed by atoms with E-state index in [0.29, 0.717) is 31.4 Å². The molecule has 3 aromatic rings. The van der Waals surface area contributed by atoms with Crippen LogP contribution in [0.4, 0.5) is 11.5 Å². The molecule has 1 aromatic carbocycles. The molecule has 1 aliphatic carbocycles. The number of amides is 1. The van der Waals surface area contributed by atoms with E-state index in [1.54, 1.807) is 4.90 Å². The summed E-state index contributed by atoms with van der Waals surface area (Å²) in [5.74, 6) is 6.54. The molecule has 0 radical (unpaired) electrons. The zero-order chi connectivity index (χ0) is 21.5. The quantitative estimate of drug-likeness (QED) is 0.360. The van der Waals surface area contributed by atoms with Crippen molar-refractivity contribution in [3.8, 4) is 11.8 Å². The molecule has 6 nitrogen and oxygen atoms in total.